The highest BCUT2D eigenvalue weighted by Crippen LogP contribution is 2.32. The van der Waals surface area contributed by atoms with Crippen LogP contribution in [-0.4, -0.2) is 34.8 Å². The van der Waals surface area contributed by atoms with Crippen LogP contribution >= 0.6 is 0 Å². The summed E-state index contributed by atoms with van der Waals surface area (Å²) in [5, 5.41) is 2.84. The summed E-state index contributed by atoms with van der Waals surface area (Å²) in [5.74, 6) is 1.51. The third kappa shape index (κ3) is 3.73. The molecule has 6 heteroatoms. The van der Waals surface area contributed by atoms with Crippen molar-refractivity contribution in [3.05, 3.63) is 42.4 Å². The van der Waals surface area contributed by atoms with Crippen LogP contribution in [-0.2, 0) is 16.1 Å². The molecule has 1 atom stereocenters. The van der Waals surface area contributed by atoms with Gasteiger partial charge in [0.15, 0.2) is 5.76 Å². The topological polar surface area (TPSA) is 75.4 Å². The number of carbonyl (C=O) groups excluding carboxylic acids is 2. The molecule has 1 saturated carbocycles. The summed E-state index contributed by atoms with van der Waals surface area (Å²) in [6.45, 7) is 1.57. The van der Waals surface area contributed by atoms with E-state index in [9.17, 15) is 9.59 Å². The zero-order chi connectivity index (χ0) is 17.2. The molecule has 2 heterocycles. The molecule has 130 valence electrons. The molecule has 1 aliphatic heterocycles. The summed E-state index contributed by atoms with van der Waals surface area (Å²) >= 11 is 0. The number of likely N-dealkylation sites (tertiary alicyclic amines) is 1. The largest absolute Gasteiger partial charge is 0.439 e. The fourth-order valence-electron chi connectivity index (χ4n) is 3.17. The van der Waals surface area contributed by atoms with E-state index in [-0.39, 0.29) is 24.3 Å². The van der Waals surface area contributed by atoms with Crippen LogP contribution in [0.3, 0.4) is 0 Å². The molecular formula is C19H21N3O3. The molecule has 0 unspecified atom stereocenters. The monoisotopic (exact) mass is 339 g/mol. The lowest BCUT2D eigenvalue weighted by molar-refractivity contribution is -0.129. The number of benzene rings is 1. The average molecular weight is 339 g/mol. The van der Waals surface area contributed by atoms with Gasteiger partial charge in [-0.15, -0.1) is 0 Å². The van der Waals surface area contributed by atoms with Gasteiger partial charge in [0, 0.05) is 25.1 Å². The normalized spacial score (nSPS) is 20.1. The van der Waals surface area contributed by atoms with Gasteiger partial charge in [-0.05, 0) is 18.8 Å². The smallest absolute Gasteiger partial charge is 0.225 e. The maximum absolute atomic E-state index is 12.3. The van der Waals surface area contributed by atoms with Crippen LogP contribution in [0.2, 0.25) is 0 Å². The number of carbonyl (C=O) groups is 2. The van der Waals surface area contributed by atoms with Crippen molar-refractivity contribution in [1.29, 1.82) is 0 Å². The van der Waals surface area contributed by atoms with Gasteiger partial charge in [0.1, 0.15) is 0 Å². The van der Waals surface area contributed by atoms with Crippen LogP contribution in [0.15, 0.2) is 40.9 Å². The first-order chi connectivity index (χ1) is 12.2. The number of amides is 2. The standard InChI is InChI=1S/C19H21N3O3/c23-18-8-15(12-22(18)11-13-6-7-13)19(24)21-10-17-20-9-16(25-17)14-4-2-1-3-5-14/h1-5,9,13,15H,6-8,10-12H2,(H,21,24)/t15-/m0/s1. The fraction of sp³-hybridized carbons (Fsp3) is 0.421. The predicted octanol–water partition coefficient (Wildman–Crippen LogP) is 2.22. The van der Waals surface area contributed by atoms with Gasteiger partial charge in [0.05, 0.1) is 18.7 Å². The molecule has 2 aliphatic rings. The van der Waals surface area contributed by atoms with Gasteiger partial charge in [-0.25, -0.2) is 4.98 Å². The van der Waals surface area contributed by atoms with Gasteiger partial charge in [-0.3, -0.25) is 9.59 Å². The van der Waals surface area contributed by atoms with Crippen LogP contribution in [0.1, 0.15) is 25.2 Å². The van der Waals surface area contributed by atoms with Crippen molar-refractivity contribution in [2.75, 3.05) is 13.1 Å². The molecule has 4 rings (SSSR count). The molecule has 0 bridgehead atoms. The first-order valence-electron chi connectivity index (χ1n) is 8.74. The number of hydrogen-bond donors (Lipinski definition) is 1. The minimum atomic E-state index is -0.269. The SMILES string of the molecule is O=C(NCc1ncc(-c2ccccc2)o1)[C@H]1CC(=O)N(CC2CC2)C1. The lowest BCUT2D eigenvalue weighted by Gasteiger charge is -2.15. The highest BCUT2D eigenvalue weighted by molar-refractivity contribution is 5.89. The second-order valence-electron chi connectivity index (χ2n) is 6.85. The summed E-state index contributed by atoms with van der Waals surface area (Å²) in [6, 6.07) is 9.70. The van der Waals surface area contributed by atoms with Crippen molar-refractivity contribution in [1.82, 2.24) is 15.2 Å². The molecule has 1 aromatic carbocycles. The molecule has 0 spiro atoms. The summed E-state index contributed by atoms with van der Waals surface area (Å²) in [5.41, 5.74) is 0.949. The number of rotatable bonds is 6. The quantitative estimate of drug-likeness (QED) is 0.875. The molecule has 25 heavy (non-hydrogen) atoms. The van der Waals surface area contributed by atoms with Gasteiger partial charge in [-0.2, -0.15) is 0 Å². The van der Waals surface area contributed by atoms with Crippen LogP contribution < -0.4 is 5.32 Å². The Bertz CT molecular complexity index is 767. The van der Waals surface area contributed by atoms with Crippen LogP contribution in [0, 0.1) is 11.8 Å². The minimum Gasteiger partial charge on any atom is -0.439 e. The number of nitrogens with zero attached hydrogens (tertiary/aromatic N) is 2. The summed E-state index contributed by atoms with van der Waals surface area (Å²) < 4.78 is 5.68. The van der Waals surface area contributed by atoms with E-state index >= 15 is 0 Å². The van der Waals surface area contributed by atoms with E-state index in [1.807, 2.05) is 35.2 Å². The molecule has 1 aliphatic carbocycles. The minimum absolute atomic E-state index is 0.0922. The first-order valence-corrected chi connectivity index (χ1v) is 8.74. The molecule has 2 amide bonds. The summed E-state index contributed by atoms with van der Waals surface area (Å²) in [6.07, 6.45) is 4.37. The van der Waals surface area contributed by atoms with Crippen LogP contribution in [0.25, 0.3) is 11.3 Å². The average Bonchev–Trinajstić information content (AvgIpc) is 3.19. The molecule has 1 aromatic heterocycles. The van der Waals surface area contributed by atoms with E-state index < -0.39 is 0 Å². The van der Waals surface area contributed by atoms with Gasteiger partial charge in [-0.1, -0.05) is 30.3 Å². The second-order valence-corrected chi connectivity index (χ2v) is 6.85. The Morgan fingerprint density at radius 3 is 2.84 bits per heavy atom. The molecule has 6 nitrogen and oxygen atoms in total. The Balaban J connectivity index is 1.30. The van der Waals surface area contributed by atoms with E-state index in [1.165, 1.54) is 12.8 Å². The lowest BCUT2D eigenvalue weighted by Crippen LogP contribution is -2.33. The van der Waals surface area contributed by atoms with Crippen LogP contribution in [0.5, 0.6) is 0 Å². The maximum Gasteiger partial charge on any atom is 0.225 e. The number of aromatic nitrogens is 1. The Kier molecular flexibility index (Phi) is 4.26. The van der Waals surface area contributed by atoms with Crippen molar-refractivity contribution in [3.8, 4) is 11.3 Å². The van der Waals surface area contributed by atoms with Crippen molar-refractivity contribution in [2.45, 2.75) is 25.8 Å². The number of nitrogens with one attached hydrogen (secondary N) is 1. The van der Waals surface area contributed by atoms with E-state index in [4.69, 9.17) is 4.42 Å². The van der Waals surface area contributed by atoms with Crippen molar-refractivity contribution < 1.29 is 14.0 Å². The predicted molar refractivity (Wildman–Crippen MR) is 91.2 cm³/mol. The van der Waals surface area contributed by atoms with E-state index in [0.29, 0.717) is 30.5 Å². The molecule has 1 N–H and O–H groups in total. The van der Waals surface area contributed by atoms with E-state index in [0.717, 1.165) is 12.1 Å². The van der Waals surface area contributed by atoms with Crippen molar-refractivity contribution >= 4 is 11.8 Å². The number of hydrogen-bond acceptors (Lipinski definition) is 4. The Hall–Kier alpha value is -2.63. The van der Waals surface area contributed by atoms with Gasteiger partial charge in [0.25, 0.3) is 0 Å². The lowest BCUT2D eigenvalue weighted by atomic mass is 10.1. The Morgan fingerprint density at radius 2 is 2.08 bits per heavy atom. The third-order valence-corrected chi connectivity index (χ3v) is 4.79. The summed E-state index contributed by atoms with van der Waals surface area (Å²) in [7, 11) is 0. The Labute approximate surface area is 146 Å². The van der Waals surface area contributed by atoms with Crippen molar-refractivity contribution in [2.24, 2.45) is 11.8 Å². The highest BCUT2D eigenvalue weighted by Gasteiger charge is 2.37. The number of oxazole rings is 1. The highest BCUT2D eigenvalue weighted by atomic mass is 16.4. The van der Waals surface area contributed by atoms with Crippen LogP contribution in [0.4, 0.5) is 0 Å². The third-order valence-electron chi connectivity index (χ3n) is 4.79. The zero-order valence-corrected chi connectivity index (χ0v) is 14.0. The fourth-order valence-corrected chi connectivity index (χ4v) is 3.17. The second kappa shape index (κ2) is 6.70. The molecule has 1 saturated heterocycles. The Morgan fingerprint density at radius 1 is 1.28 bits per heavy atom. The molecule has 2 fully saturated rings. The molecule has 0 radical (unpaired) electrons. The van der Waals surface area contributed by atoms with Gasteiger partial charge < -0.3 is 14.6 Å². The molecule has 2 aromatic rings. The summed E-state index contributed by atoms with van der Waals surface area (Å²) in [4.78, 5) is 30.4. The van der Waals surface area contributed by atoms with Crippen molar-refractivity contribution in [3.63, 3.8) is 0 Å². The molecular weight excluding hydrogens is 318 g/mol. The van der Waals surface area contributed by atoms with E-state index in [2.05, 4.69) is 10.3 Å². The van der Waals surface area contributed by atoms with E-state index in [1.54, 1.807) is 6.20 Å². The maximum atomic E-state index is 12.3. The van der Waals surface area contributed by atoms with Gasteiger partial charge >= 0.3 is 0 Å². The first kappa shape index (κ1) is 15.9. The van der Waals surface area contributed by atoms with Gasteiger partial charge in [0.2, 0.25) is 17.7 Å². The zero-order valence-electron chi connectivity index (χ0n) is 14.0.